The molecule has 4 rings (SSSR count). The minimum absolute atomic E-state index is 0.0359. The van der Waals surface area contributed by atoms with Crippen LogP contribution in [0.5, 0.6) is 0 Å². The van der Waals surface area contributed by atoms with E-state index in [-0.39, 0.29) is 16.9 Å². The lowest BCUT2D eigenvalue weighted by Gasteiger charge is -2.15. The van der Waals surface area contributed by atoms with Crippen LogP contribution in [0.4, 0.5) is 13.2 Å². The molecule has 3 aromatic rings. The summed E-state index contributed by atoms with van der Waals surface area (Å²) in [5, 5.41) is 22.8. The second-order valence-electron chi connectivity index (χ2n) is 7.40. The van der Waals surface area contributed by atoms with Crippen molar-refractivity contribution in [2.24, 2.45) is 0 Å². The molecule has 0 radical (unpaired) electrons. The molecule has 0 unspecified atom stereocenters. The second kappa shape index (κ2) is 7.57. The minimum atomic E-state index is -4.56. The van der Waals surface area contributed by atoms with E-state index >= 15 is 0 Å². The third-order valence-corrected chi connectivity index (χ3v) is 6.18. The van der Waals surface area contributed by atoms with Crippen molar-refractivity contribution in [2.75, 3.05) is 5.75 Å². The van der Waals surface area contributed by atoms with E-state index in [0.29, 0.717) is 43.7 Å². The number of nitriles is 1. The first-order chi connectivity index (χ1) is 14.7. The zero-order valence-electron chi connectivity index (χ0n) is 16.4. The van der Waals surface area contributed by atoms with E-state index in [9.17, 15) is 28.4 Å². The number of alkyl halides is 3. The van der Waals surface area contributed by atoms with Gasteiger partial charge >= 0.3 is 6.18 Å². The van der Waals surface area contributed by atoms with Gasteiger partial charge in [0.05, 0.1) is 28.1 Å². The third-order valence-electron chi connectivity index (χ3n) is 5.27. The SMILES string of the molecule is CCSc1cc(C2(C#N)CC2)c[n+]([O-])c1-c1cc2ccc(=O)n(CC(F)(F)F)c2cn1. The van der Waals surface area contributed by atoms with Gasteiger partial charge in [-0.3, -0.25) is 9.36 Å². The molecule has 0 aromatic carbocycles. The molecule has 0 spiro atoms. The van der Waals surface area contributed by atoms with Crippen LogP contribution in [-0.4, -0.2) is 21.5 Å². The topological polar surface area (TPSA) is 85.6 Å². The highest BCUT2D eigenvalue weighted by Crippen LogP contribution is 2.48. The predicted molar refractivity (Wildman–Crippen MR) is 109 cm³/mol. The number of thioether (sulfide) groups is 1. The highest BCUT2D eigenvalue weighted by molar-refractivity contribution is 7.99. The van der Waals surface area contributed by atoms with Gasteiger partial charge in [-0.1, -0.05) is 6.92 Å². The van der Waals surface area contributed by atoms with Crippen molar-refractivity contribution in [3.63, 3.8) is 0 Å². The Hall–Kier alpha value is -3.06. The fourth-order valence-electron chi connectivity index (χ4n) is 3.57. The maximum absolute atomic E-state index is 12.9. The molecule has 0 aliphatic heterocycles. The van der Waals surface area contributed by atoms with Gasteiger partial charge in [0.2, 0.25) is 0 Å². The quantitative estimate of drug-likeness (QED) is 0.337. The molecule has 0 amide bonds. The van der Waals surface area contributed by atoms with Crippen LogP contribution < -0.4 is 10.3 Å². The van der Waals surface area contributed by atoms with Gasteiger partial charge in [0.1, 0.15) is 12.2 Å². The summed E-state index contributed by atoms with van der Waals surface area (Å²) in [5.74, 6) is 0.675. The molecule has 10 heteroatoms. The lowest BCUT2D eigenvalue weighted by atomic mass is 9.99. The number of fused-ring (bicyclic) bond motifs is 1. The Bertz CT molecular complexity index is 1280. The van der Waals surface area contributed by atoms with Crippen molar-refractivity contribution in [1.29, 1.82) is 5.26 Å². The third kappa shape index (κ3) is 3.97. The van der Waals surface area contributed by atoms with E-state index in [0.717, 1.165) is 6.07 Å². The van der Waals surface area contributed by atoms with Crippen molar-refractivity contribution in [3.8, 4) is 17.5 Å². The largest absolute Gasteiger partial charge is 0.618 e. The molecule has 1 fully saturated rings. The molecule has 6 nitrogen and oxygen atoms in total. The van der Waals surface area contributed by atoms with Crippen molar-refractivity contribution < 1.29 is 17.9 Å². The average molecular weight is 446 g/mol. The highest BCUT2D eigenvalue weighted by Gasteiger charge is 2.47. The summed E-state index contributed by atoms with van der Waals surface area (Å²) in [5.41, 5.74) is -0.170. The molecule has 3 heterocycles. The zero-order valence-corrected chi connectivity index (χ0v) is 17.3. The number of aromatic nitrogens is 3. The van der Waals surface area contributed by atoms with E-state index in [4.69, 9.17) is 0 Å². The molecule has 0 N–H and O–H groups in total. The van der Waals surface area contributed by atoms with Gasteiger partial charge < -0.3 is 5.21 Å². The van der Waals surface area contributed by atoms with Gasteiger partial charge in [0.15, 0.2) is 6.20 Å². The smallest absolute Gasteiger partial charge is 0.406 e. The van der Waals surface area contributed by atoms with Crippen molar-refractivity contribution in [2.45, 2.75) is 42.8 Å². The molecular weight excluding hydrogens is 429 g/mol. The first kappa shape index (κ1) is 21.2. The van der Waals surface area contributed by atoms with Gasteiger partial charge in [-0.05, 0) is 36.8 Å². The lowest BCUT2D eigenvalue weighted by molar-refractivity contribution is -0.596. The molecule has 0 atom stereocenters. The molecule has 1 aliphatic rings. The van der Waals surface area contributed by atoms with Crippen LogP contribution in [0, 0.1) is 16.5 Å². The lowest BCUT2D eigenvalue weighted by Crippen LogP contribution is -2.32. The van der Waals surface area contributed by atoms with E-state index in [1.807, 2.05) is 13.0 Å². The fourth-order valence-corrected chi connectivity index (χ4v) is 4.42. The predicted octanol–water partition coefficient (Wildman–Crippen LogP) is 3.93. The molecule has 160 valence electrons. The summed E-state index contributed by atoms with van der Waals surface area (Å²) < 4.78 is 40.0. The van der Waals surface area contributed by atoms with Crippen LogP contribution in [0.3, 0.4) is 0 Å². The summed E-state index contributed by atoms with van der Waals surface area (Å²) in [6.45, 7) is 0.505. The van der Waals surface area contributed by atoms with E-state index in [1.54, 1.807) is 0 Å². The van der Waals surface area contributed by atoms with Crippen molar-refractivity contribution in [3.05, 3.63) is 57.8 Å². The van der Waals surface area contributed by atoms with Crippen LogP contribution in [0.25, 0.3) is 22.3 Å². The molecule has 1 saturated carbocycles. The molecule has 1 aliphatic carbocycles. The molecule has 31 heavy (non-hydrogen) atoms. The van der Waals surface area contributed by atoms with Crippen molar-refractivity contribution in [1.82, 2.24) is 9.55 Å². The highest BCUT2D eigenvalue weighted by atomic mass is 32.2. The molecule has 3 aromatic heterocycles. The summed E-state index contributed by atoms with van der Waals surface area (Å²) >= 11 is 1.42. The Morgan fingerprint density at radius 2 is 2.10 bits per heavy atom. The average Bonchev–Trinajstić information content (AvgIpc) is 3.50. The van der Waals surface area contributed by atoms with Crippen LogP contribution in [0.15, 0.2) is 46.3 Å². The maximum atomic E-state index is 12.9. The van der Waals surface area contributed by atoms with Gasteiger partial charge in [-0.25, -0.2) is 4.98 Å². The number of halogens is 3. The Kier molecular flexibility index (Phi) is 5.17. The minimum Gasteiger partial charge on any atom is -0.618 e. The standard InChI is InChI=1S/C21H17F3N4O2S/c1-2-31-17-8-14(20(11-25)5-6-20)10-28(30)19(17)15-7-13-3-4-18(29)27(12-21(22,23)24)16(13)9-26-15/h3-4,7-10H,2,5-6,12H2,1H3. The Morgan fingerprint density at radius 1 is 1.35 bits per heavy atom. The zero-order chi connectivity index (χ0) is 22.4. The van der Waals surface area contributed by atoms with Crippen LogP contribution in [-0.2, 0) is 12.0 Å². The first-order valence-corrected chi connectivity index (χ1v) is 10.5. The number of rotatable bonds is 5. The monoisotopic (exact) mass is 446 g/mol. The van der Waals surface area contributed by atoms with E-state index in [2.05, 4.69) is 11.1 Å². The van der Waals surface area contributed by atoms with Gasteiger partial charge in [0, 0.05) is 17.0 Å². The molecule has 0 bridgehead atoms. The number of nitrogens with zero attached hydrogens (tertiary/aromatic N) is 4. The van der Waals surface area contributed by atoms with Crippen LogP contribution in [0.1, 0.15) is 25.3 Å². The summed E-state index contributed by atoms with van der Waals surface area (Å²) in [4.78, 5) is 16.8. The summed E-state index contributed by atoms with van der Waals surface area (Å²) in [7, 11) is 0. The van der Waals surface area contributed by atoms with Crippen molar-refractivity contribution >= 4 is 22.7 Å². The second-order valence-corrected chi connectivity index (χ2v) is 8.70. The summed E-state index contributed by atoms with van der Waals surface area (Å²) in [6, 6.07) is 8.09. The molecular formula is C21H17F3N4O2S. The van der Waals surface area contributed by atoms with Crippen LogP contribution in [0.2, 0.25) is 0 Å². The van der Waals surface area contributed by atoms with Gasteiger partial charge in [-0.15, -0.1) is 11.8 Å². The Labute approximate surface area is 179 Å². The number of pyridine rings is 3. The Balaban J connectivity index is 1.86. The fraction of sp³-hybridized carbons (Fsp3) is 0.333. The van der Waals surface area contributed by atoms with Gasteiger partial charge in [0.25, 0.3) is 11.3 Å². The summed E-state index contributed by atoms with van der Waals surface area (Å²) in [6.07, 6.45) is -0.603. The number of hydrogen-bond acceptors (Lipinski definition) is 5. The van der Waals surface area contributed by atoms with Gasteiger partial charge in [-0.2, -0.15) is 23.2 Å². The first-order valence-electron chi connectivity index (χ1n) is 9.56. The number of hydrogen-bond donors (Lipinski definition) is 0. The van der Waals surface area contributed by atoms with Crippen LogP contribution >= 0.6 is 11.8 Å². The normalized spacial score (nSPS) is 15.1. The Morgan fingerprint density at radius 3 is 2.71 bits per heavy atom. The van der Waals surface area contributed by atoms with E-state index < -0.39 is 23.7 Å². The maximum Gasteiger partial charge on any atom is 0.406 e. The van der Waals surface area contributed by atoms with E-state index in [1.165, 1.54) is 36.3 Å². The molecule has 0 saturated heterocycles.